The van der Waals surface area contributed by atoms with Crippen molar-refractivity contribution in [2.45, 2.75) is 174 Å². The summed E-state index contributed by atoms with van der Waals surface area (Å²) in [7, 11) is 0. The maximum absolute atomic E-state index is 10.4. The Morgan fingerprint density at radius 3 is 0.974 bits per heavy atom. The maximum Gasteiger partial charge on any atom is 0.335 e. The highest BCUT2D eigenvalue weighted by molar-refractivity contribution is 5.87. The van der Waals surface area contributed by atoms with Crippen LogP contribution >= 0.6 is 0 Å². The molecule has 0 heterocycles. The van der Waals surface area contributed by atoms with E-state index in [0.29, 0.717) is 12.0 Å². The van der Waals surface area contributed by atoms with Gasteiger partial charge in [0, 0.05) is 6.42 Å². The fraction of sp³-hybridized carbons (Fsp3) is 0.771. The number of aromatic carboxylic acids is 1. The van der Waals surface area contributed by atoms with E-state index in [9.17, 15) is 9.59 Å². The number of carbonyl (C=O) groups is 2. The van der Waals surface area contributed by atoms with E-state index < -0.39 is 11.9 Å². The van der Waals surface area contributed by atoms with Crippen molar-refractivity contribution in [1.29, 1.82) is 0 Å². The molecule has 0 atom stereocenters. The van der Waals surface area contributed by atoms with E-state index in [1.807, 2.05) is 0 Å². The Kier molecular flexibility index (Phi) is 29.2. The van der Waals surface area contributed by atoms with Crippen LogP contribution in [-0.4, -0.2) is 22.2 Å². The Hall–Kier alpha value is -1.84. The number of benzene rings is 1. The Morgan fingerprint density at radius 1 is 0.462 bits per heavy atom. The summed E-state index contributed by atoms with van der Waals surface area (Å²) >= 11 is 0. The lowest BCUT2D eigenvalue weighted by atomic mass is 10.0. The van der Waals surface area contributed by atoms with Crippen molar-refractivity contribution in [1.82, 2.24) is 0 Å². The van der Waals surface area contributed by atoms with Gasteiger partial charge < -0.3 is 10.2 Å². The molecule has 0 spiro atoms. The molecule has 0 unspecified atom stereocenters. The highest BCUT2D eigenvalue weighted by Crippen LogP contribution is 2.16. The van der Waals surface area contributed by atoms with Crippen molar-refractivity contribution in [2.24, 2.45) is 0 Å². The van der Waals surface area contributed by atoms with Gasteiger partial charge in [-0.2, -0.15) is 0 Å². The highest BCUT2D eigenvalue weighted by Gasteiger charge is 1.98. The van der Waals surface area contributed by atoms with E-state index in [0.717, 1.165) is 12.8 Å². The third-order valence-electron chi connectivity index (χ3n) is 7.51. The molecule has 4 heteroatoms. The quantitative estimate of drug-likeness (QED) is 0.108. The summed E-state index contributed by atoms with van der Waals surface area (Å²) < 4.78 is 0. The van der Waals surface area contributed by atoms with Gasteiger partial charge in [-0.1, -0.05) is 179 Å². The molecule has 0 saturated carbocycles. The first kappa shape index (κ1) is 37.2. The number of carboxylic acid groups (broad SMARTS) is 2. The zero-order valence-electron chi connectivity index (χ0n) is 25.5. The average Bonchev–Trinajstić information content (AvgIpc) is 2.93. The molecule has 1 aromatic rings. The minimum atomic E-state index is -0.879. The summed E-state index contributed by atoms with van der Waals surface area (Å²) in [6.45, 7) is 2.29. The van der Waals surface area contributed by atoms with Gasteiger partial charge in [-0.3, -0.25) is 4.79 Å². The third-order valence-corrected chi connectivity index (χ3v) is 7.51. The van der Waals surface area contributed by atoms with Gasteiger partial charge in [-0.25, -0.2) is 4.79 Å². The van der Waals surface area contributed by atoms with Crippen LogP contribution in [0.1, 0.15) is 184 Å². The second-order valence-electron chi connectivity index (χ2n) is 11.3. The number of unbranched alkanes of at least 4 members (excludes halogenated alkanes) is 24. The molecule has 226 valence electrons. The van der Waals surface area contributed by atoms with E-state index in [1.54, 1.807) is 30.3 Å². The molecule has 39 heavy (non-hydrogen) atoms. The molecule has 0 aliphatic heterocycles. The molecule has 0 amide bonds. The Labute approximate surface area is 241 Å². The molecular weight excluding hydrogens is 484 g/mol. The summed E-state index contributed by atoms with van der Waals surface area (Å²) in [5.74, 6) is -1.53. The SMILES string of the molecule is CCCCCCCCCCCCCCCCCCCCCCCCCCCC(=O)O.O=C(O)c1ccccc1. The van der Waals surface area contributed by atoms with Crippen LogP contribution in [0.5, 0.6) is 0 Å². The molecule has 0 aliphatic carbocycles. The van der Waals surface area contributed by atoms with Crippen molar-refractivity contribution in [2.75, 3.05) is 0 Å². The summed E-state index contributed by atoms with van der Waals surface area (Å²) in [5.41, 5.74) is 0.331. The lowest BCUT2D eigenvalue weighted by molar-refractivity contribution is -0.137. The lowest BCUT2D eigenvalue weighted by Crippen LogP contribution is -1.93. The monoisotopic (exact) mass is 546 g/mol. The molecule has 1 rings (SSSR count). The average molecular weight is 547 g/mol. The van der Waals surface area contributed by atoms with E-state index >= 15 is 0 Å². The van der Waals surface area contributed by atoms with Crippen molar-refractivity contribution >= 4 is 11.9 Å². The molecular formula is C35H62O4. The van der Waals surface area contributed by atoms with Gasteiger partial charge >= 0.3 is 11.9 Å². The fourth-order valence-corrected chi connectivity index (χ4v) is 5.00. The number of hydrogen-bond acceptors (Lipinski definition) is 2. The normalized spacial score (nSPS) is 10.7. The zero-order valence-corrected chi connectivity index (χ0v) is 25.5. The van der Waals surface area contributed by atoms with Gasteiger partial charge in [-0.05, 0) is 18.6 Å². The highest BCUT2D eigenvalue weighted by atomic mass is 16.4. The van der Waals surface area contributed by atoms with E-state index in [4.69, 9.17) is 10.2 Å². The summed E-state index contributed by atoms with van der Waals surface area (Å²) in [6, 6.07) is 8.30. The van der Waals surface area contributed by atoms with Crippen molar-refractivity contribution in [3.8, 4) is 0 Å². The number of rotatable bonds is 27. The van der Waals surface area contributed by atoms with Gasteiger partial charge in [0.15, 0.2) is 0 Å². The largest absolute Gasteiger partial charge is 0.481 e. The van der Waals surface area contributed by atoms with Gasteiger partial charge in [0.25, 0.3) is 0 Å². The van der Waals surface area contributed by atoms with Crippen molar-refractivity contribution in [3.05, 3.63) is 35.9 Å². The Balaban J connectivity index is 0.00000134. The van der Waals surface area contributed by atoms with E-state index in [-0.39, 0.29) is 0 Å². The Morgan fingerprint density at radius 2 is 0.744 bits per heavy atom. The van der Waals surface area contributed by atoms with Crippen LogP contribution in [0.25, 0.3) is 0 Å². The van der Waals surface area contributed by atoms with Crippen LogP contribution < -0.4 is 0 Å². The first-order chi connectivity index (χ1) is 19.1. The molecule has 0 radical (unpaired) electrons. The predicted octanol–water partition coefficient (Wildman–Crippen LogP) is 11.6. The smallest absolute Gasteiger partial charge is 0.335 e. The topological polar surface area (TPSA) is 74.6 Å². The summed E-state index contributed by atoms with van der Waals surface area (Å²) in [5, 5.41) is 17.0. The van der Waals surface area contributed by atoms with Crippen LogP contribution in [-0.2, 0) is 4.79 Å². The summed E-state index contributed by atoms with van der Waals surface area (Å²) in [4.78, 5) is 20.6. The Bertz CT molecular complexity index is 643. The van der Waals surface area contributed by atoms with Gasteiger partial charge in [-0.15, -0.1) is 0 Å². The van der Waals surface area contributed by atoms with Crippen LogP contribution in [0.2, 0.25) is 0 Å². The number of aliphatic carboxylic acids is 1. The van der Waals surface area contributed by atoms with Gasteiger partial charge in [0.05, 0.1) is 5.56 Å². The second-order valence-corrected chi connectivity index (χ2v) is 11.3. The van der Waals surface area contributed by atoms with Crippen molar-refractivity contribution < 1.29 is 19.8 Å². The van der Waals surface area contributed by atoms with Gasteiger partial charge in [0.1, 0.15) is 0 Å². The molecule has 4 nitrogen and oxygen atoms in total. The molecule has 0 bridgehead atoms. The fourth-order valence-electron chi connectivity index (χ4n) is 5.00. The molecule has 0 aliphatic rings. The minimum Gasteiger partial charge on any atom is -0.481 e. The van der Waals surface area contributed by atoms with E-state index in [1.165, 1.54) is 148 Å². The van der Waals surface area contributed by atoms with Crippen LogP contribution in [0, 0.1) is 0 Å². The minimum absolute atomic E-state index is 0.331. The first-order valence-electron chi connectivity index (χ1n) is 16.6. The van der Waals surface area contributed by atoms with Crippen LogP contribution in [0.4, 0.5) is 0 Å². The molecule has 0 saturated heterocycles. The molecule has 0 aromatic heterocycles. The molecule has 2 N–H and O–H groups in total. The first-order valence-corrected chi connectivity index (χ1v) is 16.6. The van der Waals surface area contributed by atoms with Gasteiger partial charge in [0.2, 0.25) is 0 Å². The summed E-state index contributed by atoms with van der Waals surface area (Å²) in [6.07, 6.45) is 35.0. The number of hydrogen-bond donors (Lipinski definition) is 2. The zero-order chi connectivity index (χ0) is 28.7. The lowest BCUT2D eigenvalue weighted by Gasteiger charge is -2.04. The second kappa shape index (κ2) is 30.7. The van der Waals surface area contributed by atoms with Crippen LogP contribution in [0.3, 0.4) is 0 Å². The standard InChI is InChI=1S/C28H56O2.C7H6O2/c1-2-3-4-5-6-7-8-9-10-11-12-13-14-15-16-17-18-19-20-21-22-23-24-25-26-27-28(29)30;8-7(9)6-4-2-1-3-5-6/h2-27H2,1H3,(H,29,30);1-5H,(H,8,9). The number of carboxylic acids is 2. The maximum atomic E-state index is 10.4. The predicted molar refractivity (Wildman–Crippen MR) is 167 cm³/mol. The molecule has 1 aromatic carbocycles. The third kappa shape index (κ3) is 30.6. The van der Waals surface area contributed by atoms with Crippen LogP contribution in [0.15, 0.2) is 30.3 Å². The van der Waals surface area contributed by atoms with E-state index in [2.05, 4.69) is 6.92 Å². The molecule has 0 fully saturated rings. The van der Waals surface area contributed by atoms with Crippen molar-refractivity contribution in [3.63, 3.8) is 0 Å².